The fourth-order valence-corrected chi connectivity index (χ4v) is 2.70. The van der Waals surface area contributed by atoms with Gasteiger partial charge in [-0.1, -0.05) is 13.3 Å². The van der Waals surface area contributed by atoms with Gasteiger partial charge in [0.05, 0.1) is 5.92 Å². The zero-order valence-corrected chi connectivity index (χ0v) is 9.83. The standard InChI is InChI=1S/C12H23NO2/c1-3-4-11(13-2)9-5-7-10(8-6-9)12(14)15/h9-11,13H,3-8H2,1-2H3,(H,14,15). The highest BCUT2D eigenvalue weighted by Crippen LogP contribution is 2.32. The van der Waals surface area contributed by atoms with Crippen molar-refractivity contribution in [2.75, 3.05) is 7.05 Å². The predicted octanol–water partition coefficient (Wildman–Crippen LogP) is 2.27. The van der Waals surface area contributed by atoms with E-state index in [4.69, 9.17) is 5.11 Å². The first-order valence-corrected chi connectivity index (χ1v) is 6.09. The third-order valence-electron chi connectivity index (χ3n) is 3.66. The van der Waals surface area contributed by atoms with Crippen molar-refractivity contribution >= 4 is 5.97 Å². The number of hydrogen-bond acceptors (Lipinski definition) is 2. The van der Waals surface area contributed by atoms with Crippen molar-refractivity contribution in [1.29, 1.82) is 0 Å². The average molecular weight is 213 g/mol. The summed E-state index contributed by atoms with van der Waals surface area (Å²) in [5, 5.41) is 12.3. The molecule has 0 aromatic carbocycles. The Morgan fingerprint density at radius 1 is 1.40 bits per heavy atom. The van der Waals surface area contributed by atoms with Gasteiger partial charge in [0, 0.05) is 6.04 Å². The van der Waals surface area contributed by atoms with Crippen LogP contribution in [0.25, 0.3) is 0 Å². The minimum atomic E-state index is -0.607. The monoisotopic (exact) mass is 213 g/mol. The van der Waals surface area contributed by atoms with Crippen molar-refractivity contribution in [3.8, 4) is 0 Å². The van der Waals surface area contributed by atoms with Crippen LogP contribution in [0, 0.1) is 11.8 Å². The van der Waals surface area contributed by atoms with Crippen molar-refractivity contribution in [3.63, 3.8) is 0 Å². The Labute approximate surface area is 92.3 Å². The number of nitrogens with one attached hydrogen (secondary N) is 1. The van der Waals surface area contributed by atoms with Gasteiger partial charge in [0.2, 0.25) is 0 Å². The summed E-state index contributed by atoms with van der Waals surface area (Å²) in [6, 6.07) is 0.588. The molecule has 0 amide bonds. The lowest BCUT2D eigenvalue weighted by atomic mass is 9.77. The van der Waals surface area contributed by atoms with Crippen LogP contribution in [0.5, 0.6) is 0 Å². The third-order valence-corrected chi connectivity index (χ3v) is 3.66. The van der Waals surface area contributed by atoms with Crippen molar-refractivity contribution < 1.29 is 9.90 Å². The molecular formula is C12H23NO2. The largest absolute Gasteiger partial charge is 0.481 e. The van der Waals surface area contributed by atoms with E-state index in [1.807, 2.05) is 7.05 Å². The zero-order chi connectivity index (χ0) is 11.3. The molecule has 1 saturated carbocycles. The summed E-state index contributed by atoms with van der Waals surface area (Å²) in [5.74, 6) is -0.00381. The number of carboxylic acid groups (broad SMARTS) is 1. The van der Waals surface area contributed by atoms with Gasteiger partial charge in [-0.25, -0.2) is 0 Å². The predicted molar refractivity (Wildman–Crippen MR) is 60.8 cm³/mol. The molecule has 0 spiro atoms. The number of hydrogen-bond donors (Lipinski definition) is 2. The molecule has 0 radical (unpaired) electrons. The van der Waals surface area contributed by atoms with Gasteiger partial charge in [-0.2, -0.15) is 0 Å². The molecule has 0 heterocycles. The van der Waals surface area contributed by atoms with Gasteiger partial charge < -0.3 is 10.4 Å². The highest BCUT2D eigenvalue weighted by atomic mass is 16.4. The van der Waals surface area contributed by atoms with Gasteiger partial charge >= 0.3 is 5.97 Å². The molecule has 0 aromatic heterocycles. The normalized spacial score (nSPS) is 28.7. The quantitative estimate of drug-likeness (QED) is 0.736. The van der Waals surface area contributed by atoms with E-state index in [2.05, 4.69) is 12.2 Å². The molecule has 1 fully saturated rings. The summed E-state index contributed by atoms with van der Waals surface area (Å²) in [5.41, 5.74) is 0. The summed E-state index contributed by atoms with van der Waals surface area (Å²) in [6.45, 7) is 2.20. The Bertz CT molecular complexity index is 198. The maximum atomic E-state index is 10.8. The Hall–Kier alpha value is -0.570. The number of rotatable bonds is 5. The Morgan fingerprint density at radius 3 is 2.40 bits per heavy atom. The van der Waals surface area contributed by atoms with Gasteiger partial charge in [0.1, 0.15) is 0 Å². The van der Waals surface area contributed by atoms with Crippen molar-refractivity contribution in [2.24, 2.45) is 11.8 Å². The second-order valence-corrected chi connectivity index (χ2v) is 4.63. The first-order valence-electron chi connectivity index (χ1n) is 6.09. The molecule has 1 unspecified atom stereocenters. The maximum Gasteiger partial charge on any atom is 0.306 e. The van der Waals surface area contributed by atoms with Crippen LogP contribution in [0.3, 0.4) is 0 Å². The minimum Gasteiger partial charge on any atom is -0.481 e. The lowest BCUT2D eigenvalue weighted by Crippen LogP contribution is -2.36. The van der Waals surface area contributed by atoms with Crippen molar-refractivity contribution in [2.45, 2.75) is 51.5 Å². The van der Waals surface area contributed by atoms with E-state index >= 15 is 0 Å². The molecule has 88 valence electrons. The molecule has 0 saturated heterocycles. The van der Waals surface area contributed by atoms with Gasteiger partial charge in [0.15, 0.2) is 0 Å². The first-order chi connectivity index (χ1) is 7.19. The average Bonchev–Trinajstić information content (AvgIpc) is 2.26. The zero-order valence-electron chi connectivity index (χ0n) is 9.83. The molecule has 15 heavy (non-hydrogen) atoms. The Balaban J connectivity index is 2.38. The molecule has 2 N–H and O–H groups in total. The Kier molecular flexibility index (Phi) is 5.09. The molecule has 0 bridgehead atoms. The van der Waals surface area contributed by atoms with Gasteiger partial charge in [-0.15, -0.1) is 0 Å². The second-order valence-electron chi connectivity index (χ2n) is 4.63. The topological polar surface area (TPSA) is 49.3 Å². The fourth-order valence-electron chi connectivity index (χ4n) is 2.70. The summed E-state index contributed by atoms with van der Waals surface area (Å²) in [6.07, 6.45) is 6.28. The van der Waals surface area contributed by atoms with Crippen LogP contribution in [-0.4, -0.2) is 24.2 Å². The van der Waals surface area contributed by atoms with Crippen molar-refractivity contribution in [3.05, 3.63) is 0 Å². The first kappa shape index (κ1) is 12.5. The van der Waals surface area contributed by atoms with Gasteiger partial charge in [-0.05, 0) is 45.1 Å². The third kappa shape index (κ3) is 3.49. The number of carbonyl (C=O) groups is 1. The van der Waals surface area contributed by atoms with E-state index in [1.165, 1.54) is 12.8 Å². The SMILES string of the molecule is CCCC(NC)C1CCC(C(=O)O)CC1. The molecule has 0 aliphatic heterocycles. The van der Waals surface area contributed by atoms with Crippen LogP contribution in [0.4, 0.5) is 0 Å². The van der Waals surface area contributed by atoms with Crippen LogP contribution >= 0.6 is 0 Å². The summed E-state index contributed by atoms with van der Waals surface area (Å²) >= 11 is 0. The highest BCUT2D eigenvalue weighted by molar-refractivity contribution is 5.69. The molecule has 1 atom stereocenters. The van der Waals surface area contributed by atoms with E-state index in [0.717, 1.165) is 25.7 Å². The van der Waals surface area contributed by atoms with E-state index in [0.29, 0.717) is 12.0 Å². The van der Waals surface area contributed by atoms with Crippen molar-refractivity contribution in [1.82, 2.24) is 5.32 Å². The Morgan fingerprint density at radius 2 is 2.00 bits per heavy atom. The molecule has 3 heteroatoms. The molecular weight excluding hydrogens is 190 g/mol. The minimum absolute atomic E-state index is 0.0830. The smallest absolute Gasteiger partial charge is 0.306 e. The second kappa shape index (κ2) is 6.11. The lowest BCUT2D eigenvalue weighted by Gasteiger charge is -2.32. The summed E-state index contributed by atoms with van der Waals surface area (Å²) in [7, 11) is 2.02. The molecule has 3 nitrogen and oxygen atoms in total. The van der Waals surface area contributed by atoms with E-state index in [9.17, 15) is 4.79 Å². The van der Waals surface area contributed by atoms with Crippen LogP contribution in [0.2, 0.25) is 0 Å². The van der Waals surface area contributed by atoms with Crippen LogP contribution in [0.15, 0.2) is 0 Å². The molecule has 1 rings (SSSR count). The van der Waals surface area contributed by atoms with Crippen LogP contribution < -0.4 is 5.32 Å². The van der Waals surface area contributed by atoms with E-state index in [1.54, 1.807) is 0 Å². The number of carboxylic acids is 1. The highest BCUT2D eigenvalue weighted by Gasteiger charge is 2.29. The van der Waals surface area contributed by atoms with Gasteiger partial charge in [-0.3, -0.25) is 4.79 Å². The summed E-state index contributed by atoms with van der Waals surface area (Å²) < 4.78 is 0. The lowest BCUT2D eigenvalue weighted by molar-refractivity contribution is -0.143. The van der Waals surface area contributed by atoms with Crippen LogP contribution in [0.1, 0.15) is 45.4 Å². The number of aliphatic carboxylic acids is 1. The molecule has 0 aromatic rings. The van der Waals surface area contributed by atoms with Crippen LogP contribution in [-0.2, 0) is 4.79 Å². The fraction of sp³-hybridized carbons (Fsp3) is 0.917. The molecule has 1 aliphatic rings. The van der Waals surface area contributed by atoms with E-state index in [-0.39, 0.29) is 5.92 Å². The summed E-state index contributed by atoms with van der Waals surface area (Å²) in [4.78, 5) is 10.8. The molecule has 1 aliphatic carbocycles. The maximum absolute atomic E-state index is 10.8. The van der Waals surface area contributed by atoms with Gasteiger partial charge in [0.25, 0.3) is 0 Å². The van der Waals surface area contributed by atoms with E-state index < -0.39 is 5.97 Å².